The van der Waals surface area contributed by atoms with Crippen LogP contribution in [0.5, 0.6) is 5.75 Å². The third-order valence-corrected chi connectivity index (χ3v) is 4.46. The maximum absolute atomic E-state index is 12.7. The Labute approximate surface area is 144 Å². The zero-order chi connectivity index (χ0) is 17.4. The Morgan fingerprint density at radius 3 is 2.88 bits per heavy atom. The molecule has 1 fully saturated rings. The number of hydrogen-bond donors (Lipinski definition) is 0. The first-order chi connectivity index (χ1) is 11.7. The van der Waals surface area contributed by atoms with E-state index in [4.69, 9.17) is 14.2 Å². The summed E-state index contributed by atoms with van der Waals surface area (Å²) in [6, 6.07) is 8.23. The van der Waals surface area contributed by atoms with Crippen molar-refractivity contribution in [1.29, 1.82) is 0 Å². The number of nitrogens with zero attached hydrogens (tertiary/aromatic N) is 1. The maximum atomic E-state index is 12.7. The van der Waals surface area contributed by atoms with Crippen LogP contribution in [0.25, 0.3) is 0 Å². The highest BCUT2D eigenvalue weighted by Crippen LogP contribution is 2.26. The van der Waals surface area contributed by atoms with Gasteiger partial charge in [-0.15, -0.1) is 0 Å². The lowest BCUT2D eigenvalue weighted by Gasteiger charge is -2.28. The van der Waals surface area contributed by atoms with Crippen LogP contribution in [0, 0.1) is 0 Å². The van der Waals surface area contributed by atoms with Crippen LogP contribution in [0.4, 0.5) is 0 Å². The number of ether oxygens (including phenoxy) is 3. The van der Waals surface area contributed by atoms with Gasteiger partial charge in [0.15, 0.2) is 0 Å². The van der Waals surface area contributed by atoms with Crippen LogP contribution < -0.4 is 4.74 Å². The average Bonchev–Trinajstić information content (AvgIpc) is 3.06. The maximum Gasteiger partial charge on any atom is 0.251 e. The zero-order valence-electron chi connectivity index (χ0n) is 15.0. The van der Waals surface area contributed by atoms with E-state index < -0.39 is 6.10 Å². The van der Waals surface area contributed by atoms with E-state index in [9.17, 15) is 4.79 Å². The van der Waals surface area contributed by atoms with E-state index in [0.29, 0.717) is 19.8 Å². The molecule has 1 heterocycles. The van der Waals surface area contributed by atoms with Crippen molar-refractivity contribution in [3.63, 3.8) is 0 Å². The number of rotatable bonds is 9. The van der Waals surface area contributed by atoms with Gasteiger partial charge in [-0.25, -0.2) is 0 Å². The second-order valence-electron chi connectivity index (χ2n) is 6.05. The first-order valence-electron chi connectivity index (χ1n) is 8.79. The van der Waals surface area contributed by atoms with Crippen LogP contribution in [0.15, 0.2) is 24.3 Å². The summed E-state index contributed by atoms with van der Waals surface area (Å²) in [5.74, 6) is 0.960. The smallest absolute Gasteiger partial charge is 0.251 e. The molecule has 2 atom stereocenters. The van der Waals surface area contributed by atoms with Gasteiger partial charge < -0.3 is 19.1 Å². The number of para-hydroxylation sites is 1. The van der Waals surface area contributed by atoms with Gasteiger partial charge in [0.2, 0.25) is 0 Å². The van der Waals surface area contributed by atoms with E-state index in [1.807, 2.05) is 36.9 Å². The molecule has 5 heteroatoms. The first kappa shape index (κ1) is 18.7. The molecule has 1 saturated heterocycles. The third-order valence-electron chi connectivity index (χ3n) is 4.46. The van der Waals surface area contributed by atoms with Gasteiger partial charge >= 0.3 is 0 Å². The molecule has 1 amide bonds. The van der Waals surface area contributed by atoms with Crippen molar-refractivity contribution in [2.45, 2.75) is 45.3 Å². The Balaban J connectivity index is 1.93. The van der Waals surface area contributed by atoms with Gasteiger partial charge in [-0.2, -0.15) is 0 Å². The number of likely N-dealkylation sites (tertiary alicyclic amines) is 1. The molecule has 0 aliphatic carbocycles. The number of methoxy groups -OCH3 is 1. The molecule has 0 aromatic heterocycles. The van der Waals surface area contributed by atoms with Crippen LogP contribution in [-0.4, -0.2) is 56.4 Å². The molecule has 5 nitrogen and oxygen atoms in total. The molecular formula is C19H29NO4. The third kappa shape index (κ3) is 4.95. The summed E-state index contributed by atoms with van der Waals surface area (Å²) in [5.41, 5.74) is 1.15. The van der Waals surface area contributed by atoms with Crippen molar-refractivity contribution in [2.24, 2.45) is 0 Å². The molecule has 1 aromatic rings. The van der Waals surface area contributed by atoms with E-state index in [0.717, 1.165) is 37.1 Å². The minimum absolute atomic E-state index is 0.0731. The lowest BCUT2D eigenvalue weighted by Crippen LogP contribution is -2.43. The fraction of sp³-hybridized carbons (Fsp3) is 0.632. The number of hydrogen-bond acceptors (Lipinski definition) is 4. The topological polar surface area (TPSA) is 48.0 Å². The monoisotopic (exact) mass is 335 g/mol. The Kier molecular flexibility index (Phi) is 7.53. The molecule has 0 unspecified atom stereocenters. The van der Waals surface area contributed by atoms with E-state index in [1.54, 1.807) is 7.11 Å². The second-order valence-corrected chi connectivity index (χ2v) is 6.05. The minimum atomic E-state index is -0.427. The SMILES string of the molecule is CCOCCO[C@H](C)C(=O)N1CCC[C@H]1Cc1ccccc1OC. The number of amides is 1. The minimum Gasteiger partial charge on any atom is -0.496 e. The van der Waals surface area contributed by atoms with Gasteiger partial charge in [-0.05, 0) is 44.7 Å². The highest BCUT2D eigenvalue weighted by molar-refractivity contribution is 5.81. The van der Waals surface area contributed by atoms with Crippen molar-refractivity contribution >= 4 is 5.91 Å². The molecule has 0 saturated carbocycles. The fourth-order valence-electron chi connectivity index (χ4n) is 3.20. The standard InChI is InChI=1S/C19H29NO4/c1-4-23-12-13-24-15(2)19(21)20-11-7-9-17(20)14-16-8-5-6-10-18(16)22-3/h5-6,8,10,15,17H,4,7,9,11-14H2,1-3H3/t15-,17+/m1/s1. The van der Waals surface area contributed by atoms with Gasteiger partial charge in [0.25, 0.3) is 5.91 Å². The number of benzene rings is 1. The highest BCUT2D eigenvalue weighted by atomic mass is 16.5. The van der Waals surface area contributed by atoms with Crippen LogP contribution >= 0.6 is 0 Å². The predicted octanol–water partition coefficient (Wildman–Crippen LogP) is 2.67. The van der Waals surface area contributed by atoms with Gasteiger partial charge in [0.1, 0.15) is 11.9 Å². The van der Waals surface area contributed by atoms with Gasteiger partial charge in [0, 0.05) is 19.2 Å². The molecule has 1 aliphatic heterocycles. The molecule has 0 spiro atoms. The molecule has 0 N–H and O–H groups in total. The summed E-state index contributed by atoms with van der Waals surface area (Å²) >= 11 is 0. The Morgan fingerprint density at radius 2 is 2.12 bits per heavy atom. The number of carbonyl (C=O) groups is 1. The highest BCUT2D eigenvalue weighted by Gasteiger charge is 2.32. The first-order valence-corrected chi connectivity index (χ1v) is 8.79. The lowest BCUT2D eigenvalue weighted by atomic mass is 10.0. The quantitative estimate of drug-likeness (QED) is 0.651. The Hall–Kier alpha value is -1.59. The molecule has 24 heavy (non-hydrogen) atoms. The van der Waals surface area contributed by atoms with Gasteiger partial charge in [-0.3, -0.25) is 4.79 Å². The second kappa shape index (κ2) is 9.64. The van der Waals surface area contributed by atoms with Crippen molar-refractivity contribution < 1.29 is 19.0 Å². The lowest BCUT2D eigenvalue weighted by molar-refractivity contribution is -0.144. The van der Waals surface area contributed by atoms with Crippen LogP contribution in [-0.2, 0) is 20.7 Å². The summed E-state index contributed by atoms with van der Waals surface area (Å²) in [7, 11) is 1.69. The van der Waals surface area contributed by atoms with E-state index >= 15 is 0 Å². The van der Waals surface area contributed by atoms with Crippen molar-refractivity contribution in [3.8, 4) is 5.75 Å². The molecule has 134 valence electrons. The molecule has 1 aliphatic rings. The van der Waals surface area contributed by atoms with Crippen molar-refractivity contribution in [3.05, 3.63) is 29.8 Å². The molecule has 2 rings (SSSR count). The zero-order valence-corrected chi connectivity index (χ0v) is 15.0. The van der Waals surface area contributed by atoms with Crippen LogP contribution in [0.2, 0.25) is 0 Å². The summed E-state index contributed by atoms with van der Waals surface area (Å²) < 4.78 is 16.3. The fourth-order valence-corrected chi connectivity index (χ4v) is 3.20. The van der Waals surface area contributed by atoms with Crippen LogP contribution in [0.3, 0.4) is 0 Å². The van der Waals surface area contributed by atoms with E-state index in [2.05, 4.69) is 6.07 Å². The molecule has 1 aromatic carbocycles. The van der Waals surface area contributed by atoms with Gasteiger partial charge in [0.05, 0.1) is 20.3 Å². The molecule has 0 radical (unpaired) electrons. The van der Waals surface area contributed by atoms with Crippen LogP contribution in [0.1, 0.15) is 32.3 Å². The summed E-state index contributed by atoms with van der Waals surface area (Å²) in [4.78, 5) is 14.7. The molecule has 0 bridgehead atoms. The number of carbonyl (C=O) groups excluding carboxylic acids is 1. The largest absolute Gasteiger partial charge is 0.496 e. The predicted molar refractivity (Wildman–Crippen MR) is 93.3 cm³/mol. The summed E-state index contributed by atoms with van der Waals surface area (Å²) in [6.45, 7) is 6.22. The van der Waals surface area contributed by atoms with Crippen molar-refractivity contribution in [1.82, 2.24) is 4.90 Å². The van der Waals surface area contributed by atoms with Gasteiger partial charge in [-0.1, -0.05) is 18.2 Å². The summed E-state index contributed by atoms with van der Waals surface area (Å²) in [5, 5.41) is 0. The van der Waals surface area contributed by atoms with E-state index in [1.165, 1.54) is 0 Å². The summed E-state index contributed by atoms with van der Waals surface area (Å²) in [6.07, 6.45) is 2.46. The Morgan fingerprint density at radius 1 is 1.33 bits per heavy atom. The Bertz CT molecular complexity index is 520. The normalized spacial score (nSPS) is 18.6. The van der Waals surface area contributed by atoms with Crippen molar-refractivity contribution in [2.75, 3.05) is 33.5 Å². The molecular weight excluding hydrogens is 306 g/mol. The average molecular weight is 335 g/mol. The van der Waals surface area contributed by atoms with E-state index in [-0.39, 0.29) is 11.9 Å².